The van der Waals surface area contributed by atoms with Gasteiger partial charge in [0.15, 0.2) is 7.58 Å². The Labute approximate surface area is 164 Å². The minimum atomic E-state index is -0.968. The third-order valence-corrected chi connectivity index (χ3v) is 8.37. The first-order chi connectivity index (χ1) is 12.1. The molecule has 1 saturated heterocycles. The molecular weight excluding hydrogens is 359 g/mol. The van der Waals surface area contributed by atoms with Crippen LogP contribution in [0.4, 0.5) is 11.4 Å². The van der Waals surface area contributed by atoms with Crippen molar-refractivity contribution in [2.24, 2.45) is 0 Å². The number of aryl methyl sites for hydroxylation is 6. The second-order valence-electron chi connectivity index (χ2n) is 7.91. The van der Waals surface area contributed by atoms with E-state index in [2.05, 4.69) is 89.0 Å². The van der Waals surface area contributed by atoms with E-state index in [-0.39, 0.29) is 0 Å². The van der Waals surface area contributed by atoms with Gasteiger partial charge in [-0.25, -0.2) is 0 Å². The van der Waals surface area contributed by atoms with E-state index in [9.17, 15) is 0 Å². The highest BCUT2D eigenvalue weighted by atomic mass is 35.7. The SMILES string of the molecule is Cc1cc(C)c(N2[C@H](C)[C@@H](C)N(c3c(C)cc(C)cc3C)P2Cl)c(C)c1. The summed E-state index contributed by atoms with van der Waals surface area (Å²) in [5, 5.41) is 0. The summed E-state index contributed by atoms with van der Waals surface area (Å²) in [6.07, 6.45) is 0. The van der Waals surface area contributed by atoms with E-state index in [1.54, 1.807) is 0 Å². The van der Waals surface area contributed by atoms with Gasteiger partial charge in [-0.05, 0) is 88.9 Å². The zero-order chi connectivity index (χ0) is 19.3. The molecular formula is C22H30ClN2P. The van der Waals surface area contributed by atoms with Gasteiger partial charge in [-0.1, -0.05) is 35.4 Å². The van der Waals surface area contributed by atoms with Crippen molar-refractivity contribution in [3.8, 4) is 0 Å². The van der Waals surface area contributed by atoms with Crippen molar-refractivity contribution in [2.75, 3.05) is 9.34 Å². The van der Waals surface area contributed by atoms with Crippen LogP contribution in [0.15, 0.2) is 24.3 Å². The first kappa shape index (κ1) is 19.5. The van der Waals surface area contributed by atoms with Crippen molar-refractivity contribution in [3.63, 3.8) is 0 Å². The second-order valence-corrected chi connectivity index (χ2v) is 10.2. The molecule has 4 heteroatoms. The molecule has 2 aromatic carbocycles. The van der Waals surface area contributed by atoms with Gasteiger partial charge in [0.1, 0.15) is 0 Å². The molecule has 2 aromatic rings. The standard InChI is InChI=1S/C22H30ClN2P/c1-13-9-15(3)21(16(4)10-13)24-19(7)20(8)25(26(24)23)22-17(5)11-14(2)12-18(22)6/h9-12,19-20H,1-8H3/t19-,20-/m1/s1. The fourth-order valence-electron chi connectivity index (χ4n) is 4.45. The molecule has 0 amide bonds. The van der Waals surface area contributed by atoms with Gasteiger partial charge in [0.05, 0.1) is 12.1 Å². The van der Waals surface area contributed by atoms with Gasteiger partial charge in [-0.15, -0.1) is 0 Å². The Morgan fingerprint density at radius 2 is 0.923 bits per heavy atom. The third-order valence-electron chi connectivity index (χ3n) is 5.55. The van der Waals surface area contributed by atoms with E-state index >= 15 is 0 Å². The fraction of sp³-hybridized carbons (Fsp3) is 0.455. The van der Waals surface area contributed by atoms with Crippen molar-refractivity contribution in [1.82, 2.24) is 0 Å². The first-order valence-corrected chi connectivity index (χ1v) is 11.5. The molecule has 0 aromatic heterocycles. The van der Waals surface area contributed by atoms with Gasteiger partial charge < -0.3 is 9.34 Å². The number of anilines is 2. The average molecular weight is 389 g/mol. The third kappa shape index (κ3) is 3.12. The molecule has 0 aliphatic carbocycles. The quantitative estimate of drug-likeness (QED) is 0.506. The molecule has 0 bridgehead atoms. The van der Waals surface area contributed by atoms with Crippen LogP contribution in [0.2, 0.25) is 0 Å². The van der Waals surface area contributed by atoms with Crippen LogP contribution in [0, 0.1) is 41.5 Å². The zero-order valence-corrected chi connectivity index (χ0v) is 18.8. The number of hydrogen-bond donors (Lipinski definition) is 0. The summed E-state index contributed by atoms with van der Waals surface area (Å²) in [6, 6.07) is 9.79. The molecule has 26 heavy (non-hydrogen) atoms. The second kappa shape index (κ2) is 7.06. The Balaban J connectivity index is 2.11. The molecule has 0 saturated carbocycles. The molecule has 0 N–H and O–H groups in total. The summed E-state index contributed by atoms with van der Waals surface area (Å²) in [7, 11) is -0.968. The lowest BCUT2D eigenvalue weighted by molar-refractivity contribution is 0.643. The predicted molar refractivity (Wildman–Crippen MR) is 118 cm³/mol. The number of hydrogen-bond acceptors (Lipinski definition) is 2. The van der Waals surface area contributed by atoms with Crippen LogP contribution < -0.4 is 9.34 Å². The van der Waals surface area contributed by atoms with Crippen molar-refractivity contribution in [1.29, 1.82) is 0 Å². The lowest BCUT2D eigenvalue weighted by atomic mass is 10.0. The lowest BCUT2D eigenvalue weighted by Gasteiger charge is -2.32. The highest BCUT2D eigenvalue weighted by molar-refractivity contribution is 7.86. The highest BCUT2D eigenvalue weighted by Crippen LogP contribution is 2.62. The van der Waals surface area contributed by atoms with Crippen LogP contribution in [-0.2, 0) is 0 Å². The Hall–Kier alpha value is -1.24. The lowest BCUT2D eigenvalue weighted by Crippen LogP contribution is -2.33. The van der Waals surface area contributed by atoms with Crippen molar-refractivity contribution in [3.05, 3.63) is 57.6 Å². The Morgan fingerprint density at radius 3 is 1.19 bits per heavy atom. The highest BCUT2D eigenvalue weighted by Gasteiger charge is 2.44. The Kier molecular flexibility index (Phi) is 5.30. The van der Waals surface area contributed by atoms with Crippen molar-refractivity contribution in [2.45, 2.75) is 67.5 Å². The van der Waals surface area contributed by atoms with E-state index in [1.165, 1.54) is 44.8 Å². The van der Waals surface area contributed by atoms with Crippen LogP contribution in [0.25, 0.3) is 0 Å². The van der Waals surface area contributed by atoms with E-state index < -0.39 is 7.58 Å². The summed E-state index contributed by atoms with van der Waals surface area (Å²) in [6.45, 7) is 17.8. The minimum absolute atomic E-state index is 0.360. The molecule has 3 rings (SSSR count). The maximum atomic E-state index is 7.19. The smallest absolute Gasteiger partial charge is 0.198 e. The summed E-state index contributed by atoms with van der Waals surface area (Å²) in [5.74, 6) is 0. The molecule has 2 nitrogen and oxygen atoms in total. The van der Waals surface area contributed by atoms with Crippen LogP contribution in [0.5, 0.6) is 0 Å². The van der Waals surface area contributed by atoms with Crippen molar-refractivity contribution < 1.29 is 0 Å². The van der Waals surface area contributed by atoms with Gasteiger partial charge in [-0.2, -0.15) is 0 Å². The van der Waals surface area contributed by atoms with Gasteiger partial charge in [0, 0.05) is 11.4 Å². The molecule has 140 valence electrons. The predicted octanol–water partition coefficient (Wildman–Crippen LogP) is 7.11. The number of benzene rings is 2. The van der Waals surface area contributed by atoms with Gasteiger partial charge in [0.25, 0.3) is 0 Å². The largest absolute Gasteiger partial charge is 0.316 e. The molecule has 1 fully saturated rings. The topological polar surface area (TPSA) is 6.48 Å². The molecule has 1 heterocycles. The van der Waals surface area contributed by atoms with Crippen LogP contribution in [-0.4, -0.2) is 12.1 Å². The number of nitrogens with zero attached hydrogens (tertiary/aromatic N) is 2. The monoisotopic (exact) mass is 388 g/mol. The number of halogens is 1. The minimum Gasteiger partial charge on any atom is -0.316 e. The van der Waals surface area contributed by atoms with Crippen molar-refractivity contribution >= 4 is 30.2 Å². The Bertz CT molecular complexity index is 733. The summed E-state index contributed by atoms with van der Waals surface area (Å²) in [5.41, 5.74) is 10.5. The van der Waals surface area contributed by atoms with Crippen LogP contribution in [0.3, 0.4) is 0 Å². The van der Waals surface area contributed by atoms with Crippen LogP contribution in [0.1, 0.15) is 47.2 Å². The summed E-state index contributed by atoms with van der Waals surface area (Å²) >= 11 is 7.19. The van der Waals surface area contributed by atoms with E-state index in [4.69, 9.17) is 11.2 Å². The summed E-state index contributed by atoms with van der Waals surface area (Å²) in [4.78, 5) is 0. The summed E-state index contributed by atoms with van der Waals surface area (Å²) < 4.78 is 4.93. The Morgan fingerprint density at radius 1 is 0.654 bits per heavy atom. The first-order valence-electron chi connectivity index (χ1n) is 9.33. The van der Waals surface area contributed by atoms with E-state index in [0.29, 0.717) is 12.1 Å². The average Bonchev–Trinajstić information content (AvgIpc) is 2.71. The molecule has 0 unspecified atom stereocenters. The van der Waals surface area contributed by atoms with Gasteiger partial charge >= 0.3 is 0 Å². The van der Waals surface area contributed by atoms with E-state index in [0.717, 1.165) is 0 Å². The molecule has 2 atom stereocenters. The number of rotatable bonds is 2. The molecule has 0 radical (unpaired) electrons. The molecule has 0 spiro atoms. The van der Waals surface area contributed by atoms with Crippen LogP contribution >= 0.6 is 18.8 Å². The van der Waals surface area contributed by atoms with E-state index in [1.807, 2.05) is 0 Å². The fourth-order valence-corrected chi connectivity index (χ4v) is 7.89. The maximum absolute atomic E-state index is 7.19. The molecule has 1 aliphatic heterocycles. The maximum Gasteiger partial charge on any atom is 0.198 e. The normalized spacial score (nSPS) is 21.0. The zero-order valence-electron chi connectivity index (χ0n) is 17.2. The van der Waals surface area contributed by atoms with Gasteiger partial charge in [-0.3, -0.25) is 0 Å². The molecule has 1 aliphatic rings. The van der Waals surface area contributed by atoms with Gasteiger partial charge in [0.2, 0.25) is 0 Å².